The molecule has 0 heterocycles. The van der Waals surface area contributed by atoms with Crippen molar-refractivity contribution in [2.24, 2.45) is 17.8 Å². The number of carboxylic acids is 1. The molecule has 0 saturated heterocycles. The molecule has 0 bridgehead atoms. The van der Waals surface area contributed by atoms with Gasteiger partial charge in [-0.05, 0) is 18.8 Å². The Morgan fingerprint density at radius 1 is 1.06 bits per heavy atom. The third-order valence-corrected chi connectivity index (χ3v) is 2.91. The number of hydrogen-bond donors (Lipinski definition) is 2. The monoisotopic (exact) mass is 229 g/mol. The molecule has 0 aromatic heterocycles. The van der Waals surface area contributed by atoms with E-state index in [9.17, 15) is 9.59 Å². The molecule has 0 aromatic rings. The van der Waals surface area contributed by atoms with Crippen LogP contribution in [0.3, 0.4) is 0 Å². The Bertz CT molecular complexity index is 249. The average molecular weight is 229 g/mol. The quantitative estimate of drug-likeness (QED) is 0.731. The van der Waals surface area contributed by atoms with Crippen molar-refractivity contribution in [2.75, 3.05) is 0 Å². The number of carbonyl (C=O) groups excluding carboxylic acids is 1. The molecule has 0 rings (SSSR count). The largest absolute Gasteiger partial charge is 0.481 e. The number of nitrogens with one attached hydrogen (secondary N) is 1. The summed E-state index contributed by atoms with van der Waals surface area (Å²) in [6.45, 7) is 9.71. The van der Waals surface area contributed by atoms with Gasteiger partial charge in [0.25, 0.3) is 0 Å². The topological polar surface area (TPSA) is 66.4 Å². The molecule has 2 unspecified atom stereocenters. The predicted octanol–water partition coefficient (Wildman–Crippen LogP) is 1.89. The summed E-state index contributed by atoms with van der Waals surface area (Å²) in [6, 6.07) is 0.0718. The zero-order valence-corrected chi connectivity index (χ0v) is 10.8. The highest BCUT2D eigenvalue weighted by atomic mass is 16.4. The summed E-state index contributed by atoms with van der Waals surface area (Å²) in [5, 5.41) is 11.6. The van der Waals surface area contributed by atoms with E-state index in [2.05, 4.69) is 5.32 Å². The van der Waals surface area contributed by atoms with Gasteiger partial charge in [0.05, 0.1) is 12.3 Å². The minimum absolute atomic E-state index is 0.0375. The third kappa shape index (κ3) is 5.14. The van der Waals surface area contributed by atoms with Crippen LogP contribution in [0.25, 0.3) is 0 Å². The zero-order chi connectivity index (χ0) is 12.9. The summed E-state index contributed by atoms with van der Waals surface area (Å²) in [6.07, 6.45) is -0.103. The molecule has 0 aromatic carbocycles. The van der Waals surface area contributed by atoms with Crippen LogP contribution in [0.5, 0.6) is 0 Å². The van der Waals surface area contributed by atoms with Crippen LogP contribution in [0.15, 0.2) is 0 Å². The van der Waals surface area contributed by atoms with E-state index in [4.69, 9.17) is 5.11 Å². The third-order valence-electron chi connectivity index (χ3n) is 2.91. The van der Waals surface area contributed by atoms with Crippen molar-refractivity contribution in [3.8, 4) is 0 Å². The van der Waals surface area contributed by atoms with Crippen LogP contribution in [0.1, 0.15) is 41.0 Å². The van der Waals surface area contributed by atoms with E-state index in [-0.39, 0.29) is 24.3 Å². The fraction of sp³-hybridized carbons (Fsp3) is 0.833. The minimum atomic E-state index is -0.925. The van der Waals surface area contributed by atoms with Crippen molar-refractivity contribution in [1.82, 2.24) is 5.32 Å². The minimum Gasteiger partial charge on any atom is -0.481 e. The number of rotatable bonds is 6. The molecule has 0 aliphatic carbocycles. The van der Waals surface area contributed by atoms with E-state index < -0.39 is 11.9 Å². The van der Waals surface area contributed by atoms with Crippen LogP contribution in [0, 0.1) is 17.8 Å². The van der Waals surface area contributed by atoms with E-state index in [1.807, 2.05) is 34.6 Å². The van der Waals surface area contributed by atoms with Gasteiger partial charge in [0.2, 0.25) is 5.91 Å². The lowest BCUT2D eigenvalue weighted by molar-refractivity contribution is -0.142. The first-order valence-corrected chi connectivity index (χ1v) is 5.77. The number of carbonyl (C=O) groups is 2. The molecule has 0 aliphatic rings. The fourth-order valence-corrected chi connectivity index (χ4v) is 1.32. The maximum atomic E-state index is 11.9. The van der Waals surface area contributed by atoms with Crippen LogP contribution >= 0.6 is 0 Å². The molecule has 1 amide bonds. The molecule has 4 nitrogen and oxygen atoms in total. The van der Waals surface area contributed by atoms with Gasteiger partial charge in [-0.3, -0.25) is 9.59 Å². The number of hydrogen-bond acceptors (Lipinski definition) is 2. The van der Waals surface area contributed by atoms with Crippen molar-refractivity contribution >= 4 is 11.9 Å². The number of aliphatic carboxylic acids is 1. The molecule has 94 valence electrons. The molecule has 0 saturated carbocycles. The van der Waals surface area contributed by atoms with E-state index in [1.54, 1.807) is 0 Å². The molecular formula is C12H23NO3. The number of carboxylic acid groups (broad SMARTS) is 1. The maximum absolute atomic E-state index is 11.9. The Kier molecular flexibility index (Phi) is 6.08. The lowest BCUT2D eigenvalue weighted by atomic mass is 9.91. The fourth-order valence-electron chi connectivity index (χ4n) is 1.32. The van der Waals surface area contributed by atoms with E-state index in [0.29, 0.717) is 5.92 Å². The molecule has 0 fully saturated rings. The average Bonchev–Trinajstić information content (AvgIpc) is 2.12. The summed E-state index contributed by atoms with van der Waals surface area (Å²) in [7, 11) is 0. The van der Waals surface area contributed by atoms with Gasteiger partial charge in [-0.1, -0.05) is 27.7 Å². The second-order valence-electron chi connectivity index (χ2n) is 4.99. The first-order valence-electron chi connectivity index (χ1n) is 5.77. The number of amides is 1. The highest BCUT2D eigenvalue weighted by molar-refractivity contribution is 5.83. The highest BCUT2D eigenvalue weighted by Crippen LogP contribution is 2.16. The van der Waals surface area contributed by atoms with Gasteiger partial charge in [-0.2, -0.15) is 0 Å². The first-order chi connectivity index (χ1) is 7.25. The van der Waals surface area contributed by atoms with Gasteiger partial charge in [-0.15, -0.1) is 0 Å². The molecule has 0 radical (unpaired) electrons. The Hall–Kier alpha value is -1.06. The van der Waals surface area contributed by atoms with Crippen molar-refractivity contribution in [2.45, 2.75) is 47.1 Å². The summed E-state index contributed by atoms with van der Waals surface area (Å²) < 4.78 is 0. The molecule has 2 atom stereocenters. The van der Waals surface area contributed by atoms with E-state index in [1.165, 1.54) is 0 Å². The van der Waals surface area contributed by atoms with Gasteiger partial charge >= 0.3 is 5.97 Å². The molecule has 4 heteroatoms. The van der Waals surface area contributed by atoms with Gasteiger partial charge in [0.1, 0.15) is 0 Å². The van der Waals surface area contributed by atoms with Gasteiger partial charge in [-0.25, -0.2) is 0 Å². The first kappa shape index (κ1) is 14.9. The van der Waals surface area contributed by atoms with Crippen molar-refractivity contribution in [3.05, 3.63) is 0 Å². The second kappa shape index (κ2) is 6.51. The van der Waals surface area contributed by atoms with Crippen LogP contribution < -0.4 is 5.32 Å². The van der Waals surface area contributed by atoms with Gasteiger partial charge < -0.3 is 10.4 Å². The summed E-state index contributed by atoms with van der Waals surface area (Å²) in [4.78, 5) is 22.5. The van der Waals surface area contributed by atoms with Crippen LogP contribution in [0.4, 0.5) is 0 Å². The van der Waals surface area contributed by atoms with Gasteiger partial charge in [0.15, 0.2) is 0 Å². The molecule has 0 aliphatic heterocycles. The molecular weight excluding hydrogens is 206 g/mol. The summed E-state index contributed by atoms with van der Waals surface area (Å²) in [5.74, 6) is -1.14. The summed E-state index contributed by atoms with van der Waals surface area (Å²) in [5.41, 5.74) is 0. The predicted molar refractivity (Wildman–Crippen MR) is 63.0 cm³/mol. The molecule has 16 heavy (non-hydrogen) atoms. The lowest BCUT2D eigenvalue weighted by Crippen LogP contribution is -2.42. The normalized spacial score (nSPS) is 14.9. The SMILES string of the molecule is CC(C)C(C)NC(=O)C(CC(=O)O)C(C)C. The Morgan fingerprint density at radius 3 is 1.88 bits per heavy atom. The Morgan fingerprint density at radius 2 is 1.56 bits per heavy atom. The Balaban J connectivity index is 4.45. The molecule has 2 N–H and O–H groups in total. The van der Waals surface area contributed by atoms with E-state index >= 15 is 0 Å². The highest BCUT2D eigenvalue weighted by Gasteiger charge is 2.26. The lowest BCUT2D eigenvalue weighted by Gasteiger charge is -2.23. The van der Waals surface area contributed by atoms with Crippen LogP contribution in [-0.4, -0.2) is 23.0 Å². The van der Waals surface area contributed by atoms with E-state index in [0.717, 1.165) is 0 Å². The standard InChI is InChI=1S/C12H23NO3/c1-7(2)9(5)13-12(16)10(8(3)4)6-11(14)15/h7-10H,6H2,1-5H3,(H,13,16)(H,14,15). The maximum Gasteiger partial charge on any atom is 0.304 e. The van der Waals surface area contributed by atoms with Crippen molar-refractivity contribution in [3.63, 3.8) is 0 Å². The van der Waals surface area contributed by atoms with Crippen LogP contribution in [0.2, 0.25) is 0 Å². The molecule has 0 spiro atoms. The smallest absolute Gasteiger partial charge is 0.304 e. The van der Waals surface area contributed by atoms with Gasteiger partial charge in [0, 0.05) is 6.04 Å². The second-order valence-corrected chi connectivity index (χ2v) is 4.99. The summed E-state index contributed by atoms with van der Waals surface area (Å²) >= 11 is 0. The van der Waals surface area contributed by atoms with Crippen molar-refractivity contribution in [1.29, 1.82) is 0 Å². The zero-order valence-electron chi connectivity index (χ0n) is 10.8. The Labute approximate surface area is 97.4 Å². The van der Waals surface area contributed by atoms with Crippen LogP contribution in [-0.2, 0) is 9.59 Å². The van der Waals surface area contributed by atoms with Crippen molar-refractivity contribution < 1.29 is 14.7 Å².